The van der Waals surface area contributed by atoms with Gasteiger partial charge in [-0.05, 0) is 35.4 Å². The van der Waals surface area contributed by atoms with Crippen LogP contribution < -0.4 is 0 Å². The third-order valence-electron chi connectivity index (χ3n) is 3.46. The van der Waals surface area contributed by atoms with Gasteiger partial charge in [0.2, 0.25) is 0 Å². The predicted octanol–water partition coefficient (Wildman–Crippen LogP) is 3.97. The largest absolute Gasteiger partial charge is 0.376 e. The molecule has 0 aliphatic heterocycles. The third kappa shape index (κ3) is 3.90. The summed E-state index contributed by atoms with van der Waals surface area (Å²) < 4.78 is 5.69. The molecule has 0 amide bonds. The van der Waals surface area contributed by atoms with E-state index in [-0.39, 0.29) is 18.0 Å². The first-order chi connectivity index (χ1) is 9.83. The Morgan fingerprint density at radius 3 is 2.20 bits per heavy atom. The van der Waals surface area contributed by atoms with E-state index in [0.717, 1.165) is 5.56 Å². The van der Waals surface area contributed by atoms with E-state index in [4.69, 9.17) is 15.8 Å². The van der Waals surface area contributed by atoms with Crippen LogP contribution in [0.4, 0.5) is 0 Å². The van der Waals surface area contributed by atoms with Gasteiger partial charge in [0.25, 0.3) is 0 Å². The van der Waals surface area contributed by atoms with Crippen LogP contribution in [0.1, 0.15) is 18.4 Å². The topological polar surface area (TPSA) is 107 Å². The van der Waals surface area contributed by atoms with E-state index in [9.17, 15) is 0 Å². The number of rotatable bonds is 6. The molecule has 20 heavy (non-hydrogen) atoms. The average molecular weight is 272 g/mol. The molecule has 7 heteroatoms. The van der Waals surface area contributed by atoms with E-state index in [0.29, 0.717) is 26.1 Å². The fraction of sp³-hybridized carbons (Fsp3) is 0.538. The van der Waals surface area contributed by atoms with E-state index in [1.165, 1.54) is 0 Å². The van der Waals surface area contributed by atoms with E-state index in [1.54, 1.807) is 0 Å². The van der Waals surface area contributed by atoms with Crippen LogP contribution in [0.5, 0.6) is 0 Å². The van der Waals surface area contributed by atoms with Crippen molar-refractivity contribution in [3.63, 3.8) is 0 Å². The van der Waals surface area contributed by atoms with Crippen molar-refractivity contribution in [3.8, 4) is 0 Å². The van der Waals surface area contributed by atoms with Gasteiger partial charge in [0.15, 0.2) is 0 Å². The number of nitrogens with zero attached hydrogens (tertiary/aromatic N) is 6. The standard InChI is InChI=1S/C13H16N6O/c14-18-16-12-6-11(7-13(12)17-19-15)9-20-8-10-4-2-1-3-5-10/h1-5,11-13H,6-9H2. The van der Waals surface area contributed by atoms with Gasteiger partial charge in [-0.15, -0.1) is 0 Å². The Morgan fingerprint density at radius 1 is 1.05 bits per heavy atom. The SMILES string of the molecule is [N-]=[N+]=NC1CC(COCc2ccccc2)CC1N=[N+]=[N-]. The molecule has 1 aliphatic rings. The summed E-state index contributed by atoms with van der Waals surface area (Å²) in [7, 11) is 0. The number of azide groups is 2. The molecule has 1 aromatic rings. The van der Waals surface area contributed by atoms with Crippen molar-refractivity contribution < 1.29 is 4.74 Å². The quantitative estimate of drug-likeness (QED) is 0.436. The van der Waals surface area contributed by atoms with Crippen molar-refractivity contribution in [2.45, 2.75) is 31.5 Å². The summed E-state index contributed by atoms with van der Waals surface area (Å²) in [4.78, 5) is 5.63. The molecule has 2 atom stereocenters. The molecular formula is C13H16N6O. The minimum Gasteiger partial charge on any atom is -0.376 e. The van der Waals surface area contributed by atoms with E-state index >= 15 is 0 Å². The number of ether oxygens (including phenoxy) is 1. The lowest BCUT2D eigenvalue weighted by atomic mass is 10.1. The number of hydrogen-bond donors (Lipinski definition) is 0. The predicted molar refractivity (Wildman–Crippen MR) is 74.7 cm³/mol. The Morgan fingerprint density at radius 2 is 1.65 bits per heavy atom. The molecule has 2 rings (SSSR count). The Hall–Kier alpha value is -2.20. The van der Waals surface area contributed by atoms with Crippen molar-refractivity contribution in [1.29, 1.82) is 0 Å². The van der Waals surface area contributed by atoms with Crippen molar-refractivity contribution in [3.05, 3.63) is 56.8 Å². The van der Waals surface area contributed by atoms with Gasteiger partial charge in [-0.1, -0.05) is 40.6 Å². The Bertz CT molecular complexity index is 495. The van der Waals surface area contributed by atoms with Crippen molar-refractivity contribution in [2.24, 2.45) is 16.1 Å². The van der Waals surface area contributed by atoms with Gasteiger partial charge >= 0.3 is 0 Å². The zero-order chi connectivity index (χ0) is 14.2. The lowest BCUT2D eigenvalue weighted by Crippen LogP contribution is -2.12. The minimum atomic E-state index is -0.249. The summed E-state index contributed by atoms with van der Waals surface area (Å²) in [6.07, 6.45) is 1.42. The van der Waals surface area contributed by atoms with Gasteiger partial charge in [0.1, 0.15) is 0 Å². The smallest absolute Gasteiger partial charge is 0.0717 e. The zero-order valence-corrected chi connectivity index (χ0v) is 11.0. The fourth-order valence-electron chi connectivity index (χ4n) is 2.53. The van der Waals surface area contributed by atoms with Gasteiger partial charge < -0.3 is 4.74 Å². The molecule has 104 valence electrons. The first-order valence-electron chi connectivity index (χ1n) is 6.53. The van der Waals surface area contributed by atoms with Crippen LogP contribution in [0.3, 0.4) is 0 Å². The summed E-state index contributed by atoms with van der Waals surface area (Å²) in [5, 5.41) is 7.40. The van der Waals surface area contributed by atoms with Crippen LogP contribution >= 0.6 is 0 Å². The molecule has 1 saturated carbocycles. The van der Waals surface area contributed by atoms with Gasteiger partial charge in [-0.2, -0.15) is 0 Å². The molecule has 7 nitrogen and oxygen atoms in total. The van der Waals surface area contributed by atoms with Crippen LogP contribution in [0.25, 0.3) is 20.9 Å². The van der Waals surface area contributed by atoms with Crippen LogP contribution in [0.2, 0.25) is 0 Å². The molecule has 2 unspecified atom stereocenters. The van der Waals surface area contributed by atoms with E-state index in [1.807, 2.05) is 30.3 Å². The molecule has 0 saturated heterocycles. The Kier molecular flexibility index (Phi) is 5.26. The molecule has 0 N–H and O–H groups in total. The summed E-state index contributed by atoms with van der Waals surface area (Å²) in [5.74, 6) is 0.268. The molecule has 0 heterocycles. The maximum atomic E-state index is 8.52. The van der Waals surface area contributed by atoms with Crippen molar-refractivity contribution in [2.75, 3.05) is 6.61 Å². The van der Waals surface area contributed by atoms with Gasteiger partial charge in [-0.25, -0.2) is 0 Å². The minimum absolute atomic E-state index is 0.249. The lowest BCUT2D eigenvalue weighted by Gasteiger charge is -2.10. The molecule has 0 aromatic heterocycles. The third-order valence-corrected chi connectivity index (χ3v) is 3.46. The maximum Gasteiger partial charge on any atom is 0.0717 e. The Balaban J connectivity index is 1.82. The first kappa shape index (κ1) is 14.2. The first-order valence-corrected chi connectivity index (χ1v) is 6.53. The average Bonchev–Trinajstić information content (AvgIpc) is 2.83. The second kappa shape index (κ2) is 7.40. The van der Waals surface area contributed by atoms with E-state index < -0.39 is 0 Å². The molecule has 1 aromatic carbocycles. The molecular weight excluding hydrogens is 256 g/mol. The van der Waals surface area contributed by atoms with Gasteiger partial charge in [0, 0.05) is 28.5 Å². The summed E-state index contributed by atoms with van der Waals surface area (Å²) >= 11 is 0. The second-order valence-corrected chi connectivity index (χ2v) is 4.88. The zero-order valence-electron chi connectivity index (χ0n) is 11.0. The van der Waals surface area contributed by atoms with Crippen LogP contribution in [-0.2, 0) is 11.3 Å². The van der Waals surface area contributed by atoms with Gasteiger partial charge in [-0.3, -0.25) is 0 Å². The molecule has 0 radical (unpaired) electrons. The number of hydrogen-bond acceptors (Lipinski definition) is 3. The lowest BCUT2D eigenvalue weighted by molar-refractivity contribution is 0.0881. The highest BCUT2D eigenvalue weighted by Crippen LogP contribution is 2.31. The monoisotopic (exact) mass is 272 g/mol. The number of benzene rings is 1. The molecule has 0 bridgehead atoms. The second-order valence-electron chi connectivity index (χ2n) is 4.88. The van der Waals surface area contributed by atoms with Crippen LogP contribution in [0.15, 0.2) is 40.6 Å². The highest BCUT2D eigenvalue weighted by Gasteiger charge is 2.32. The summed E-state index contributed by atoms with van der Waals surface area (Å²) in [6, 6.07) is 9.45. The Labute approximate surface area is 116 Å². The molecule has 1 fully saturated rings. The highest BCUT2D eigenvalue weighted by molar-refractivity contribution is 5.13. The highest BCUT2D eigenvalue weighted by atomic mass is 16.5. The fourth-order valence-corrected chi connectivity index (χ4v) is 2.53. The molecule has 1 aliphatic carbocycles. The molecule has 0 spiro atoms. The van der Waals surface area contributed by atoms with E-state index in [2.05, 4.69) is 20.1 Å². The summed E-state index contributed by atoms with van der Waals surface area (Å²) in [6.45, 7) is 1.15. The van der Waals surface area contributed by atoms with Crippen LogP contribution in [0, 0.1) is 5.92 Å². The van der Waals surface area contributed by atoms with Crippen molar-refractivity contribution in [1.82, 2.24) is 0 Å². The maximum absolute atomic E-state index is 8.52. The van der Waals surface area contributed by atoms with Gasteiger partial charge in [0.05, 0.1) is 6.61 Å². The van der Waals surface area contributed by atoms with Crippen LogP contribution in [-0.4, -0.2) is 18.7 Å². The normalized spacial score (nSPS) is 24.7. The van der Waals surface area contributed by atoms with Crippen molar-refractivity contribution >= 4 is 0 Å². The summed E-state index contributed by atoms with van der Waals surface area (Å²) in [5.41, 5.74) is 18.2.